The SMILES string of the molecule is C(=NC1CCCCC1)=NC1CCCCC1.C(=NC1CCCCC1)=NC1CCCCC1. The summed E-state index contributed by atoms with van der Waals surface area (Å²) in [6.07, 6.45) is 26.4. The van der Waals surface area contributed by atoms with Crippen molar-refractivity contribution in [2.45, 2.75) is 153 Å². The van der Waals surface area contributed by atoms with Crippen molar-refractivity contribution in [2.75, 3.05) is 0 Å². The molecule has 0 amide bonds. The lowest BCUT2D eigenvalue weighted by Crippen LogP contribution is -2.10. The van der Waals surface area contributed by atoms with Crippen LogP contribution in [0.4, 0.5) is 0 Å². The average molecular weight is 413 g/mol. The van der Waals surface area contributed by atoms with E-state index in [1.165, 1.54) is 128 Å². The molecule has 30 heavy (non-hydrogen) atoms. The van der Waals surface area contributed by atoms with E-state index in [1.807, 2.05) is 0 Å². The predicted molar refractivity (Wildman–Crippen MR) is 127 cm³/mol. The number of aliphatic imine (C=N–C) groups is 4. The highest BCUT2D eigenvalue weighted by atomic mass is 14.9. The van der Waals surface area contributed by atoms with Crippen molar-refractivity contribution in [1.29, 1.82) is 0 Å². The molecule has 0 N–H and O–H groups in total. The zero-order chi connectivity index (χ0) is 20.7. The van der Waals surface area contributed by atoms with Gasteiger partial charge in [-0.3, -0.25) is 0 Å². The first kappa shape index (κ1) is 23.4. The standard InChI is InChI=1S/2C13H22N2/c2*1-3-7-12(8-4-1)14-11-15-13-9-5-2-6-10-13/h2*12-13H,1-10H2. The highest BCUT2D eigenvalue weighted by molar-refractivity contribution is 5.42. The lowest BCUT2D eigenvalue weighted by Gasteiger charge is -2.17. The van der Waals surface area contributed by atoms with E-state index in [-0.39, 0.29) is 0 Å². The molecule has 0 radical (unpaired) electrons. The van der Waals surface area contributed by atoms with Crippen LogP contribution in [0.1, 0.15) is 128 Å². The van der Waals surface area contributed by atoms with Crippen LogP contribution in [0, 0.1) is 0 Å². The fourth-order valence-corrected chi connectivity index (χ4v) is 5.23. The van der Waals surface area contributed by atoms with Gasteiger partial charge in [-0.15, -0.1) is 0 Å². The zero-order valence-corrected chi connectivity index (χ0v) is 19.2. The Morgan fingerprint density at radius 3 is 0.700 bits per heavy atom. The van der Waals surface area contributed by atoms with Crippen LogP contribution in [0.3, 0.4) is 0 Å². The summed E-state index contributed by atoms with van der Waals surface area (Å²) in [5, 5.41) is 0. The molecule has 4 heteroatoms. The molecule has 0 aromatic rings. The largest absolute Gasteiger partial charge is 0.222 e. The Labute approximate surface area is 184 Å². The third-order valence-corrected chi connectivity index (χ3v) is 7.26. The minimum Gasteiger partial charge on any atom is -0.222 e. The third-order valence-electron chi connectivity index (χ3n) is 7.26. The number of hydrogen-bond donors (Lipinski definition) is 0. The molecular formula is C26H44N4. The molecule has 0 aromatic heterocycles. The van der Waals surface area contributed by atoms with E-state index >= 15 is 0 Å². The van der Waals surface area contributed by atoms with Crippen molar-refractivity contribution in [3.8, 4) is 0 Å². The molecule has 4 fully saturated rings. The minimum atomic E-state index is 0.533. The van der Waals surface area contributed by atoms with E-state index in [0.717, 1.165) is 0 Å². The fourth-order valence-electron chi connectivity index (χ4n) is 5.23. The Bertz CT molecular complexity index is 466. The second-order valence-corrected chi connectivity index (χ2v) is 9.88. The van der Waals surface area contributed by atoms with Gasteiger partial charge < -0.3 is 0 Å². The summed E-state index contributed by atoms with van der Waals surface area (Å²) in [7, 11) is 0. The Hall–Kier alpha value is -1.24. The van der Waals surface area contributed by atoms with Crippen LogP contribution in [0.15, 0.2) is 20.0 Å². The first-order valence-electron chi connectivity index (χ1n) is 13.2. The molecule has 0 bridgehead atoms. The summed E-state index contributed by atoms with van der Waals surface area (Å²) >= 11 is 0. The summed E-state index contributed by atoms with van der Waals surface area (Å²) in [6, 6.07) is 8.08. The van der Waals surface area contributed by atoms with Gasteiger partial charge in [-0.25, -0.2) is 20.0 Å². The Balaban J connectivity index is 0.000000171. The number of rotatable bonds is 4. The van der Waals surface area contributed by atoms with E-state index < -0.39 is 0 Å². The monoisotopic (exact) mass is 412 g/mol. The van der Waals surface area contributed by atoms with Gasteiger partial charge in [-0.2, -0.15) is 0 Å². The van der Waals surface area contributed by atoms with Crippen molar-refractivity contribution >= 4 is 12.0 Å². The smallest absolute Gasteiger partial charge is 0.0898 e. The van der Waals surface area contributed by atoms with E-state index in [4.69, 9.17) is 0 Å². The maximum atomic E-state index is 4.46. The van der Waals surface area contributed by atoms with Crippen LogP contribution < -0.4 is 0 Å². The topological polar surface area (TPSA) is 49.4 Å². The van der Waals surface area contributed by atoms with Gasteiger partial charge in [0.05, 0.1) is 36.2 Å². The van der Waals surface area contributed by atoms with Crippen molar-refractivity contribution in [3.63, 3.8) is 0 Å². The molecule has 0 aromatic carbocycles. The van der Waals surface area contributed by atoms with Crippen LogP contribution in [0.25, 0.3) is 0 Å². The predicted octanol–water partition coefficient (Wildman–Crippen LogP) is 7.65. The normalized spacial score (nSPS) is 24.5. The summed E-state index contributed by atoms with van der Waals surface area (Å²) < 4.78 is 0. The molecule has 0 heterocycles. The van der Waals surface area contributed by atoms with Crippen molar-refractivity contribution < 1.29 is 0 Å². The van der Waals surface area contributed by atoms with Gasteiger partial charge in [0.15, 0.2) is 0 Å². The quantitative estimate of drug-likeness (QED) is 0.426. The molecule has 0 spiro atoms. The first-order valence-corrected chi connectivity index (χ1v) is 13.2. The highest BCUT2D eigenvalue weighted by Crippen LogP contribution is 2.22. The highest BCUT2D eigenvalue weighted by Gasteiger charge is 2.13. The van der Waals surface area contributed by atoms with Gasteiger partial charge in [0.2, 0.25) is 0 Å². The lowest BCUT2D eigenvalue weighted by atomic mass is 9.96. The van der Waals surface area contributed by atoms with Crippen LogP contribution in [0.5, 0.6) is 0 Å². The Morgan fingerprint density at radius 1 is 0.300 bits per heavy atom. The van der Waals surface area contributed by atoms with Gasteiger partial charge in [-0.1, -0.05) is 77.0 Å². The lowest BCUT2D eigenvalue weighted by molar-refractivity contribution is 0.438. The van der Waals surface area contributed by atoms with Crippen LogP contribution in [-0.2, 0) is 0 Å². The maximum absolute atomic E-state index is 4.46. The molecule has 4 nitrogen and oxygen atoms in total. The molecule has 0 atom stereocenters. The summed E-state index contributed by atoms with van der Waals surface area (Å²) in [6.45, 7) is 0. The molecule has 4 aliphatic rings. The summed E-state index contributed by atoms with van der Waals surface area (Å²) in [5.41, 5.74) is 0. The fraction of sp³-hybridized carbons (Fsp3) is 0.923. The van der Waals surface area contributed by atoms with Gasteiger partial charge in [0.1, 0.15) is 0 Å². The van der Waals surface area contributed by atoms with Gasteiger partial charge in [-0.05, 0) is 51.4 Å². The molecule has 4 aliphatic carbocycles. The van der Waals surface area contributed by atoms with Crippen LogP contribution >= 0.6 is 0 Å². The van der Waals surface area contributed by atoms with Crippen molar-refractivity contribution in [1.82, 2.24) is 0 Å². The summed E-state index contributed by atoms with van der Waals surface area (Å²) in [5.74, 6) is 0. The Morgan fingerprint density at radius 2 is 0.500 bits per heavy atom. The van der Waals surface area contributed by atoms with E-state index in [9.17, 15) is 0 Å². The average Bonchev–Trinajstić information content (AvgIpc) is 2.82. The number of hydrogen-bond acceptors (Lipinski definition) is 4. The molecule has 0 aliphatic heterocycles. The molecule has 4 rings (SSSR count). The first-order chi connectivity index (χ1) is 14.9. The second kappa shape index (κ2) is 14.7. The van der Waals surface area contributed by atoms with E-state index in [0.29, 0.717) is 24.2 Å². The number of nitrogens with zero attached hydrogens (tertiary/aromatic N) is 4. The van der Waals surface area contributed by atoms with Crippen LogP contribution in [0.2, 0.25) is 0 Å². The van der Waals surface area contributed by atoms with Crippen molar-refractivity contribution in [3.05, 3.63) is 0 Å². The molecule has 168 valence electrons. The van der Waals surface area contributed by atoms with Crippen LogP contribution in [-0.4, -0.2) is 36.2 Å². The third kappa shape index (κ3) is 9.71. The molecular weight excluding hydrogens is 368 g/mol. The molecule has 0 unspecified atom stereocenters. The maximum Gasteiger partial charge on any atom is 0.0898 e. The van der Waals surface area contributed by atoms with E-state index in [1.54, 1.807) is 0 Å². The Kier molecular flexibility index (Phi) is 11.5. The zero-order valence-electron chi connectivity index (χ0n) is 19.2. The van der Waals surface area contributed by atoms with Crippen molar-refractivity contribution in [2.24, 2.45) is 20.0 Å². The summed E-state index contributed by atoms with van der Waals surface area (Å²) in [4.78, 5) is 17.8. The van der Waals surface area contributed by atoms with Gasteiger partial charge in [0.25, 0.3) is 0 Å². The van der Waals surface area contributed by atoms with E-state index in [2.05, 4.69) is 32.0 Å². The van der Waals surface area contributed by atoms with Gasteiger partial charge >= 0.3 is 0 Å². The second-order valence-electron chi connectivity index (χ2n) is 9.88. The molecule has 0 saturated heterocycles. The van der Waals surface area contributed by atoms with Gasteiger partial charge in [0, 0.05) is 0 Å². The minimum absolute atomic E-state index is 0.533. The molecule has 4 saturated carbocycles.